The van der Waals surface area contributed by atoms with Crippen LogP contribution in [0.5, 0.6) is 0 Å². The van der Waals surface area contributed by atoms with Crippen molar-refractivity contribution in [3.8, 4) is 0 Å². The molecule has 0 spiro atoms. The van der Waals surface area contributed by atoms with Crippen LogP contribution in [0, 0.1) is 0 Å². The third-order valence-corrected chi connectivity index (χ3v) is 2.31. The fourth-order valence-electron chi connectivity index (χ4n) is 0.351. The molecule has 0 aromatic heterocycles. The molecule has 0 N–H and O–H groups in total. The summed E-state index contributed by atoms with van der Waals surface area (Å²) in [4.78, 5) is 11.0. The molecule has 0 radical (unpaired) electrons. The number of carbonyl (C=O) groups is 1. The first-order chi connectivity index (χ1) is 4.48. The van der Waals surface area contributed by atoms with Gasteiger partial charge < -0.3 is 4.74 Å². The van der Waals surface area contributed by atoms with Crippen molar-refractivity contribution in [2.75, 3.05) is 6.61 Å². The van der Waals surface area contributed by atoms with Crippen LogP contribution in [-0.4, -0.2) is 20.3 Å². The molecular weight excluding hydrogens is 144 g/mol. The Kier molecular flexibility index (Phi) is 3.36. The first-order valence-electron chi connectivity index (χ1n) is 3.26. The van der Waals surface area contributed by atoms with Gasteiger partial charge in [-0.15, -0.1) is 0 Å². The molecule has 0 aromatic rings. The lowest BCUT2D eigenvalue weighted by molar-refractivity contribution is 0.183. The number of ether oxygens (including phenoxy) is 1. The summed E-state index contributed by atoms with van der Waals surface area (Å²) >= 11 is 0. The van der Waals surface area contributed by atoms with E-state index in [2.05, 4.69) is 6.58 Å². The minimum Gasteiger partial charge on any atom is -0.466 e. The molecule has 0 amide bonds. The van der Waals surface area contributed by atoms with Gasteiger partial charge in [0.2, 0.25) is 0 Å². The fourth-order valence-corrected chi connectivity index (χ4v) is 0.867. The van der Waals surface area contributed by atoms with Gasteiger partial charge in [-0.2, -0.15) is 0 Å². The molecule has 0 aliphatic heterocycles. The molecule has 0 fully saturated rings. The molecule has 3 heteroatoms. The largest absolute Gasteiger partial charge is 0.466 e. The molecule has 0 saturated heterocycles. The van der Waals surface area contributed by atoms with Gasteiger partial charge in [-0.1, -0.05) is 32.3 Å². The molecule has 0 unspecified atom stereocenters. The minimum atomic E-state index is -1.71. The molecule has 0 heterocycles. The number of hydrogen-bond acceptors (Lipinski definition) is 2. The van der Waals surface area contributed by atoms with Crippen molar-refractivity contribution < 1.29 is 9.53 Å². The van der Waals surface area contributed by atoms with Gasteiger partial charge in [-0.3, -0.25) is 4.79 Å². The normalized spacial score (nSPS) is 10.7. The lowest BCUT2D eigenvalue weighted by atomic mass is 10.7. The first kappa shape index (κ1) is 9.43. The van der Waals surface area contributed by atoms with E-state index >= 15 is 0 Å². The first-order valence-corrected chi connectivity index (χ1v) is 6.76. The van der Waals surface area contributed by atoms with E-state index in [0.29, 0.717) is 6.61 Å². The standard InChI is InChI=1S/C7H14O2Si/c1-5-6-9-7(8)10(2,3)4/h5H,1,6H2,2-4H3. The van der Waals surface area contributed by atoms with Crippen LogP contribution in [0.2, 0.25) is 19.6 Å². The van der Waals surface area contributed by atoms with Crippen LogP contribution >= 0.6 is 0 Å². The second-order valence-electron chi connectivity index (χ2n) is 3.14. The Labute approximate surface area is 62.9 Å². The lowest BCUT2D eigenvalue weighted by Gasteiger charge is -2.12. The van der Waals surface area contributed by atoms with Crippen LogP contribution < -0.4 is 0 Å². The second-order valence-corrected chi connectivity index (χ2v) is 8.05. The molecule has 0 aliphatic carbocycles. The monoisotopic (exact) mass is 158 g/mol. The molecule has 2 nitrogen and oxygen atoms in total. The third-order valence-electron chi connectivity index (χ3n) is 0.945. The smallest absolute Gasteiger partial charge is 0.271 e. The van der Waals surface area contributed by atoms with Crippen LogP contribution in [0.15, 0.2) is 12.7 Å². The maximum absolute atomic E-state index is 11.0. The molecular formula is C7H14O2Si. The van der Waals surface area contributed by atoms with Crippen LogP contribution in [0.4, 0.5) is 4.79 Å². The highest BCUT2D eigenvalue weighted by molar-refractivity contribution is 7.02. The van der Waals surface area contributed by atoms with Gasteiger partial charge in [0.15, 0.2) is 8.07 Å². The Hall–Kier alpha value is -0.573. The van der Waals surface area contributed by atoms with Crippen LogP contribution in [0.25, 0.3) is 0 Å². The summed E-state index contributed by atoms with van der Waals surface area (Å²) in [6.45, 7) is 9.66. The van der Waals surface area contributed by atoms with E-state index in [4.69, 9.17) is 4.74 Å². The quantitative estimate of drug-likeness (QED) is 0.465. The SMILES string of the molecule is C=CCOC(=O)[Si](C)(C)C. The predicted octanol–water partition coefficient (Wildman–Crippen LogP) is 2.23. The Morgan fingerprint density at radius 1 is 1.60 bits per heavy atom. The van der Waals surface area contributed by atoms with Crippen molar-refractivity contribution in [2.45, 2.75) is 19.6 Å². The van der Waals surface area contributed by atoms with Crippen molar-refractivity contribution in [2.24, 2.45) is 0 Å². The summed E-state index contributed by atoms with van der Waals surface area (Å²) in [5, 5.41) is 0. The van der Waals surface area contributed by atoms with Crippen molar-refractivity contribution in [1.82, 2.24) is 0 Å². The van der Waals surface area contributed by atoms with Crippen LogP contribution in [-0.2, 0) is 4.74 Å². The summed E-state index contributed by atoms with van der Waals surface area (Å²) in [6.07, 6.45) is 1.58. The highest BCUT2D eigenvalue weighted by atomic mass is 28.3. The zero-order valence-corrected chi connectivity index (χ0v) is 7.81. The molecule has 10 heavy (non-hydrogen) atoms. The summed E-state index contributed by atoms with van der Waals surface area (Å²) in [5.74, 6) is 0. The lowest BCUT2D eigenvalue weighted by Crippen LogP contribution is -2.33. The van der Waals surface area contributed by atoms with Gasteiger partial charge in [-0.05, 0) is 0 Å². The summed E-state index contributed by atoms with van der Waals surface area (Å²) < 4.78 is 4.86. The van der Waals surface area contributed by atoms with Gasteiger partial charge in [0, 0.05) is 0 Å². The average Bonchev–Trinajstić information content (AvgIpc) is 1.80. The topological polar surface area (TPSA) is 26.3 Å². The van der Waals surface area contributed by atoms with Gasteiger partial charge in [-0.25, -0.2) is 0 Å². The molecule has 0 aromatic carbocycles. The fraction of sp³-hybridized carbons (Fsp3) is 0.571. The van der Waals surface area contributed by atoms with Crippen molar-refractivity contribution >= 4 is 13.7 Å². The second kappa shape index (κ2) is 3.56. The summed E-state index contributed by atoms with van der Waals surface area (Å²) in [5.41, 5.74) is -0.0487. The van der Waals surface area contributed by atoms with Gasteiger partial charge in [0.05, 0.1) is 0 Å². The number of rotatable bonds is 3. The van der Waals surface area contributed by atoms with E-state index in [9.17, 15) is 4.79 Å². The predicted molar refractivity (Wildman–Crippen MR) is 44.9 cm³/mol. The van der Waals surface area contributed by atoms with Crippen molar-refractivity contribution in [1.29, 1.82) is 0 Å². The summed E-state index contributed by atoms with van der Waals surface area (Å²) in [7, 11) is -1.71. The highest BCUT2D eigenvalue weighted by Gasteiger charge is 2.25. The Bertz CT molecular complexity index is 135. The number of hydrogen-bond donors (Lipinski definition) is 0. The van der Waals surface area contributed by atoms with E-state index in [1.54, 1.807) is 6.08 Å². The van der Waals surface area contributed by atoms with Crippen LogP contribution in [0.3, 0.4) is 0 Å². The van der Waals surface area contributed by atoms with E-state index < -0.39 is 8.07 Å². The van der Waals surface area contributed by atoms with Crippen molar-refractivity contribution in [3.05, 3.63) is 12.7 Å². The molecule has 0 atom stereocenters. The van der Waals surface area contributed by atoms with Gasteiger partial charge in [0.1, 0.15) is 6.61 Å². The Morgan fingerprint density at radius 3 is 2.40 bits per heavy atom. The van der Waals surface area contributed by atoms with E-state index in [-0.39, 0.29) is 5.59 Å². The Morgan fingerprint density at radius 2 is 2.10 bits per heavy atom. The maximum atomic E-state index is 11.0. The number of carbonyl (C=O) groups excluding carboxylic acids is 1. The summed E-state index contributed by atoms with van der Waals surface area (Å²) in [6, 6.07) is 0. The van der Waals surface area contributed by atoms with Crippen molar-refractivity contribution in [3.63, 3.8) is 0 Å². The van der Waals surface area contributed by atoms with Crippen LogP contribution in [0.1, 0.15) is 0 Å². The highest BCUT2D eigenvalue weighted by Crippen LogP contribution is 2.04. The van der Waals surface area contributed by atoms with E-state index in [1.807, 2.05) is 19.6 Å². The zero-order valence-electron chi connectivity index (χ0n) is 6.81. The minimum absolute atomic E-state index is 0.0487. The van der Waals surface area contributed by atoms with E-state index in [0.717, 1.165) is 0 Å². The van der Waals surface area contributed by atoms with Gasteiger partial charge >= 0.3 is 0 Å². The third kappa shape index (κ3) is 3.45. The molecule has 0 aliphatic rings. The molecule has 0 rings (SSSR count). The zero-order chi connectivity index (χ0) is 8.20. The molecule has 0 saturated carbocycles. The maximum Gasteiger partial charge on any atom is 0.271 e. The van der Waals surface area contributed by atoms with Gasteiger partial charge in [0.25, 0.3) is 5.59 Å². The molecule has 58 valence electrons. The average molecular weight is 158 g/mol. The molecule has 0 bridgehead atoms. The van der Waals surface area contributed by atoms with E-state index in [1.165, 1.54) is 0 Å². The Balaban J connectivity index is 3.74.